The molecule has 0 bridgehead atoms. The molecule has 8 heteroatoms. The molecule has 1 aromatic rings. The summed E-state index contributed by atoms with van der Waals surface area (Å²) in [6, 6.07) is 0. The lowest BCUT2D eigenvalue weighted by Gasteiger charge is -2.30. The molecule has 0 radical (unpaired) electrons. The zero-order valence-electron chi connectivity index (χ0n) is 15.7. The number of carbonyl (C=O) groups excluding carboxylic acids is 1. The van der Waals surface area contributed by atoms with E-state index in [9.17, 15) is 9.59 Å². The second-order valence-corrected chi connectivity index (χ2v) is 6.50. The summed E-state index contributed by atoms with van der Waals surface area (Å²) in [6.45, 7) is 8.50. The van der Waals surface area contributed by atoms with Crippen LogP contribution in [0.1, 0.15) is 44.9 Å². The largest absolute Gasteiger partial charge is 0.383 e. The molecule has 2 heterocycles. The van der Waals surface area contributed by atoms with E-state index >= 15 is 0 Å². The Hall–Kier alpha value is -1.67. The predicted octanol–water partition coefficient (Wildman–Crippen LogP) is 0.417. The molecule has 0 spiro atoms. The highest BCUT2D eigenvalue weighted by atomic mass is 16.5. The molecule has 0 aliphatic carbocycles. The van der Waals surface area contributed by atoms with E-state index in [4.69, 9.17) is 4.74 Å². The Labute approximate surface area is 149 Å². The average molecular weight is 353 g/mol. The Balaban J connectivity index is 1.96. The zero-order chi connectivity index (χ0) is 18.2. The predicted molar refractivity (Wildman–Crippen MR) is 95.8 cm³/mol. The van der Waals surface area contributed by atoms with E-state index in [0.29, 0.717) is 26.2 Å². The number of ether oxygens (including phenoxy) is 1. The summed E-state index contributed by atoms with van der Waals surface area (Å²) in [6.07, 6.45) is 2.79. The average Bonchev–Trinajstić information content (AvgIpc) is 2.94. The summed E-state index contributed by atoms with van der Waals surface area (Å²) in [5, 5.41) is 7.48. The molecule has 0 saturated carbocycles. The third-order valence-electron chi connectivity index (χ3n) is 4.67. The van der Waals surface area contributed by atoms with Crippen LogP contribution in [-0.4, -0.2) is 65.1 Å². The molecule has 1 aliphatic rings. The first-order chi connectivity index (χ1) is 12.1. The Bertz CT molecular complexity index is 602. The van der Waals surface area contributed by atoms with E-state index in [2.05, 4.69) is 15.3 Å². The second kappa shape index (κ2) is 9.72. The normalized spacial score (nSPS) is 16.3. The van der Waals surface area contributed by atoms with Gasteiger partial charge in [0.2, 0.25) is 5.91 Å². The first-order valence-corrected chi connectivity index (χ1v) is 9.26. The van der Waals surface area contributed by atoms with Gasteiger partial charge in [0.1, 0.15) is 5.82 Å². The number of methoxy groups -OCH3 is 1. The highest BCUT2D eigenvalue weighted by Gasteiger charge is 2.27. The second-order valence-electron chi connectivity index (χ2n) is 6.50. The highest BCUT2D eigenvalue weighted by molar-refractivity contribution is 5.77. The first kappa shape index (κ1) is 19.7. The minimum atomic E-state index is -0.0593. The zero-order valence-corrected chi connectivity index (χ0v) is 15.7. The van der Waals surface area contributed by atoms with Gasteiger partial charge in [-0.3, -0.25) is 14.3 Å². The molecular formula is C17H31N5O3. The number of nitrogens with zero attached hydrogens (tertiary/aromatic N) is 4. The lowest BCUT2D eigenvalue weighted by atomic mass is 9.96. The molecule has 1 N–H and O–H groups in total. The number of amides is 1. The summed E-state index contributed by atoms with van der Waals surface area (Å²) >= 11 is 0. The fourth-order valence-corrected chi connectivity index (χ4v) is 3.25. The lowest BCUT2D eigenvalue weighted by Crippen LogP contribution is -2.41. The number of aromatic nitrogens is 3. The number of piperidine rings is 1. The summed E-state index contributed by atoms with van der Waals surface area (Å²) in [7, 11) is 1.62. The van der Waals surface area contributed by atoms with Gasteiger partial charge < -0.3 is 10.1 Å². The molecule has 1 amide bonds. The summed E-state index contributed by atoms with van der Waals surface area (Å²) in [4.78, 5) is 26.4. The van der Waals surface area contributed by atoms with E-state index in [0.717, 1.165) is 44.7 Å². The standard InChI is InChI=1S/C17H31N5O3/c1-4-8-18-15(23)13-20-9-6-14(7-10-20)16-19-22(11-12-25-3)17(24)21(16)5-2/h14H,4-13H2,1-3H3,(H,18,23). The van der Waals surface area contributed by atoms with Crippen molar-refractivity contribution in [1.82, 2.24) is 24.6 Å². The van der Waals surface area contributed by atoms with Crippen LogP contribution in [0.25, 0.3) is 0 Å². The minimum absolute atomic E-state index is 0.0593. The van der Waals surface area contributed by atoms with Gasteiger partial charge >= 0.3 is 5.69 Å². The van der Waals surface area contributed by atoms with E-state index in [1.165, 1.54) is 4.68 Å². The minimum Gasteiger partial charge on any atom is -0.383 e. The van der Waals surface area contributed by atoms with Crippen molar-refractivity contribution in [3.05, 3.63) is 16.3 Å². The van der Waals surface area contributed by atoms with Crippen molar-refractivity contribution in [1.29, 1.82) is 0 Å². The first-order valence-electron chi connectivity index (χ1n) is 9.26. The summed E-state index contributed by atoms with van der Waals surface area (Å²) in [5.74, 6) is 1.24. The van der Waals surface area contributed by atoms with Crippen LogP contribution in [0.3, 0.4) is 0 Å². The molecule has 1 aromatic heterocycles. The lowest BCUT2D eigenvalue weighted by molar-refractivity contribution is -0.122. The van der Waals surface area contributed by atoms with Gasteiger partial charge in [-0.15, -0.1) is 0 Å². The van der Waals surface area contributed by atoms with Crippen molar-refractivity contribution in [3.8, 4) is 0 Å². The smallest absolute Gasteiger partial charge is 0.345 e. The third-order valence-corrected chi connectivity index (χ3v) is 4.67. The number of carbonyl (C=O) groups is 1. The van der Waals surface area contributed by atoms with Gasteiger partial charge in [0.15, 0.2) is 0 Å². The van der Waals surface area contributed by atoms with Crippen molar-refractivity contribution in [3.63, 3.8) is 0 Å². The third kappa shape index (κ3) is 5.15. The van der Waals surface area contributed by atoms with Gasteiger partial charge in [-0.1, -0.05) is 6.92 Å². The van der Waals surface area contributed by atoms with Crippen LogP contribution >= 0.6 is 0 Å². The van der Waals surface area contributed by atoms with Crippen LogP contribution in [0.4, 0.5) is 0 Å². The van der Waals surface area contributed by atoms with Crippen LogP contribution in [0.15, 0.2) is 4.79 Å². The Morgan fingerprint density at radius 1 is 1.32 bits per heavy atom. The molecule has 1 fully saturated rings. The van der Waals surface area contributed by atoms with Crippen molar-refractivity contribution in [2.45, 2.75) is 52.1 Å². The molecule has 0 unspecified atom stereocenters. The summed E-state index contributed by atoms with van der Waals surface area (Å²) in [5.41, 5.74) is -0.0593. The van der Waals surface area contributed by atoms with Crippen molar-refractivity contribution < 1.29 is 9.53 Å². The van der Waals surface area contributed by atoms with Crippen LogP contribution < -0.4 is 11.0 Å². The van der Waals surface area contributed by atoms with Gasteiger partial charge in [-0.25, -0.2) is 9.48 Å². The van der Waals surface area contributed by atoms with Gasteiger partial charge in [0.25, 0.3) is 0 Å². The highest BCUT2D eigenvalue weighted by Crippen LogP contribution is 2.26. The molecule has 1 aliphatic heterocycles. The fourth-order valence-electron chi connectivity index (χ4n) is 3.25. The van der Waals surface area contributed by atoms with Crippen LogP contribution in [0.2, 0.25) is 0 Å². The van der Waals surface area contributed by atoms with Gasteiger partial charge in [0, 0.05) is 26.1 Å². The maximum atomic E-state index is 12.4. The Kier molecular flexibility index (Phi) is 7.64. The Morgan fingerprint density at radius 3 is 2.64 bits per heavy atom. The van der Waals surface area contributed by atoms with Crippen LogP contribution in [-0.2, 0) is 22.6 Å². The number of hydrogen-bond donors (Lipinski definition) is 1. The molecule has 25 heavy (non-hydrogen) atoms. The van der Waals surface area contributed by atoms with Crippen molar-refractivity contribution in [2.75, 3.05) is 39.9 Å². The number of hydrogen-bond acceptors (Lipinski definition) is 5. The van der Waals surface area contributed by atoms with Crippen LogP contribution in [0.5, 0.6) is 0 Å². The Morgan fingerprint density at radius 2 is 2.04 bits per heavy atom. The maximum Gasteiger partial charge on any atom is 0.345 e. The molecule has 0 aromatic carbocycles. The van der Waals surface area contributed by atoms with Gasteiger partial charge in [-0.05, 0) is 39.3 Å². The van der Waals surface area contributed by atoms with Gasteiger partial charge in [0.05, 0.1) is 19.7 Å². The maximum absolute atomic E-state index is 12.4. The number of rotatable bonds is 9. The molecule has 142 valence electrons. The SMILES string of the molecule is CCCNC(=O)CN1CCC(c2nn(CCOC)c(=O)n2CC)CC1. The molecular weight excluding hydrogens is 322 g/mol. The van der Waals surface area contributed by atoms with E-state index in [1.54, 1.807) is 11.7 Å². The van der Waals surface area contributed by atoms with Crippen molar-refractivity contribution in [2.24, 2.45) is 0 Å². The molecule has 2 rings (SSSR count). The van der Waals surface area contributed by atoms with Gasteiger partial charge in [-0.2, -0.15) is 5.10 Å². The number of likely N-dealkylation sites (tertiary alicyclic amines) is 1. The van der Waals surface area contributed by atoms with E-state index in [1.807, 2.05) is 13.8 Å². The molecule has 0 atom stereocenters. The topological polar surface area (TPSA) is 81.4 Å². The van der Waals surface area contributed by atoms with E-state index in [-0.39, 0.29) is 17.5 Å². The fraction of sp³-hybridized carbons (Fsp3) is 0.824. The summed E-state index contributed by atoms with van der Waals surface area (Å²) < 4.78 is 8.33. The number of nitrogens with one attached hydrogen (secondary N) is 1. The van der Waals surface area contributed by atoms with Crippen LogP contribution in [0, 0.1) is 0 Å². The molecule has 1 saturated heterocycles. The monoisotopic (exact) mass is 353 g/mol. The molecule has 8 nitrogen and oxygen atoms in total. The van der Waals surface area contributed by atoms with E-state index < -0.39 is 0 Å². The quantitative estimate of drug-likeness (QED) is 0.696. The van der Waals surface area contributed by atoms with Crippen molar-refractivity contribution >= 4 is 5.91 Å².